The second kappa shape index (κ2) is 7.44. The van der Waals surface area contributed by atoms with Gasteiger partial charge in [0.05, 0.1) is 5.69 Å². The number of hydrogen-bond acceptors (Lipinski definition) is 4. The number of nitrogens with one attached hydrogen (secondary N) is 1. The van der Waals surface area contributed by atoms with Gasteiger partial charge in [-0.1, -0.05) is 24.3 Å². The van der Waals surface area contributed by atoms with Crippen LogP contribution < -0.4 is 15.8 Å². The van der Waals surface area contributed by atoms with Gasteiger partial charge in [0.25, 0.3) is 5.91 Å². The van der Waals surface area contributed by atoms with Gasteiger partial charge < -0.3 is 15.8 Å². The highest BCUT2D eigenvalue weighted by Crippen LogP contribution is 2.46. The SMILES string of the molecule is NC(=O)COc1ccc([C@@H]2CC(=O)Nc3c(-c4cccc(F)c4)csc32)cc1. The third-order valence-electron chi connectivity index (χ3n) is 4.59. The lowest BCUT2D eigenvalue weighted by Gasteiger charge is -2.24. The Morgan fingerprint density at radius 2 is 2.04 bits per heavy atom. The highest BCUT2D eigenvalue weighted by molar-refractivity contribution is 7.11. The average Bonchev–Trinajstić information content (AvgIpc) is 3.10. The van der Waals surface area contributed by atoms with Crippen molar-refractivity contribution in [1.29, 1.82) is 0 Å². The van der Waals surface area contributed by atoms with Crippen LogP contribution >= 0.6 is 11.3 Å². The van der Waals surface area contributed by atoms with Crippen LogP contribution in [-0.4, -0.2) is 18.4 Å². The summed E-state index contributed by atoms with van der Waals surface area (Å²) in [6, 6.07) is 13.6. The molecular formula is C21H17FN2O3S. The molecule has 0 spiro atoms. The molecule has 142 valence electrons. The molecule has 2 aromatic carbocycles. The van der Waals surface area contributed by atoms with Crippen LogP contribution in [0, 0.1) is 5.82 Å². The van der Waals surface area contributed by atoms with Crippen molar-refractivity contribution in [2.24, 2.45) is 5.73 Å². The van der Waals surface area contributed by atoms with E-state index in [2.05, 4.69) is 5.32 Å². The zero-order chi connectivity index (χ0) is 19.7. The van der Waals surface area contributed by atoms with Crippen molar-refractivity contribution in [2.45, 2.75) is 12.3 Å². The summed E-state index contributed by atoms with van der Waals surface area (Å²) in [7, 11) is 0. The fourth-order valence-corrected chi connectivity index (χ4v) is 4.48. The number of thiophene rings is 1. The first-order valence-corrected chi connectivity index (χ1v) is 9.57. The second-order valence-electron chi connectivity index (χ2n) is 6.53. The van der Waals surface area contributed by atoms with Crippen LogP contribution in [-0.2, 0) is 9.59 Å². The van der Waals surface area contributed by atoms with E-state index in [0.717, 1.165) is 27.3 Å². The minimum Gasteiger partial charge on any atom is -0.484 e. The van der Waals surface area contributed by atoms with Crippen LogP contribution in [0.2, 0.25) is 0 Å². The zero-order valence-electron chi connectivity index (χ0n) is 14.8. The lowest BCUT2D eigenvalue weighted by Crippen LogP contribution is -2.22. The molecule has 1 atom stereocenters. The Bertz CT molecular complexity index is 1050. The first-order valence-electron chi connectivity index (χ1n) is 8.69. The summed E-state index contributed by atoms with van der Waals surface area (Å²) < 4.78 is 18.9. The number of ether oxygens (including phenoxy) is 1. The Morgan fingerprint density at radius 1 is 1.25 bits per heavy atom. The molecule has 3 N–H and O–H groups in total. The highest BCUT2D eigenvalue weighted by atomic mass is 32.1. The molecule has 0 aliphatic carbocycles. The summed E-state index contributed by atoms with van der Waals surface area (Å²) in [6.07, 6.45) is 0.331. The first kappa shape index (κ1) is 18.2. The minimum absolute atomic E-state index is 0.0809. The number of carbonyl (C=O) groups is 2. The number of halogens is 1. The molecular weight excluding hydrogens is 379 g/mol. The molecule has 1 aliphatic rings. The predicted octanol–water partition coefficient (Wildman–Crippen LogP) is 3.89. The molecule has 28 heavy (non-hydrogen) atoms. The van der Waals surface area contributed by atoms with E-state index < -0.39 is 5.91 Å². The van der Waals surface area contributed by atoms with E-state index >= 15 is 0 Å². The number of hydrogen-bond donors (Lipinski definition) is 2. The number of nitrogens with two attached hydrogens (primary N) is 1. The van der Waals surface area contributed by atoms with E-state index in [1.807, 2.05) is 23.6 Å². The number of primary amides is 1. The molecule has 4 rings (SSSR count). The van der Waals surface area contributed by atoms with Crippen LogP contribution in [0.5, 0.6) is 5.75 Å². The molecule has 0 saturated carbocycles. The van der Waals surface area contributed by atoms with Crippen LogP contribution in [0.25, 0.3) is 11.1 Å². The van der Waals surface area contributed by atoms with Gasteiger partial charge in [0.1, 0.15) is 11.6 Å². The van der Waals surface area contributed by atoms with E-state index in [4.69, 9.17) is 10.5 Å². The monoisotopic (exact) mass is 396 g/mol. The van der Waals surface area contributed by atoms with Crippen molar-refractivity contribution in [2.75, 3.05) is 11.9 Å². The standard InChI is InChI=1S/C21H17FN2O3S/c22-14-3-1-2-13(8-14)17-11-28-21-16(9-19(26)24-20(17)21)12-4-6-15(7-5-12)27-10-18(23)25/h1-8,11,16H,9-10H2,(H2,23,25)(H,24,26)/t16-/m0/s1. The van der Waals surface area contributed by atoms with Gasteiger partial charge >= 0.3 is 0 Å². The van der Waals surface area contributed by atoms with Gasteiger partial charge in [0.2, 0.25) is 5.91 Å². The summed E-state index contributed by atoms with van der Waals surface area (Å²) >= 11 is 1.55. The maximum atomic E-state index is 13.6. The van der Waals surface area contributed by atoms with Gasteiger partial charge in [0.15, 0.2) is 6.61 Å². The van der Waals surface area contributed by atoms with E-state index in [-0.39, 0.29) is 24.2 Å². The fourth-order valence-electron chi connectivity index (χ4n) is 3.32. The molecule has 0 radical (unpaired) electrons. The second-order valence-corrected chi connectivity index (χ2v) is 7.44. The smallest absolute Gasteiger partial charge is 0.255 e. The average molecular weight is 396 g/mol. The van der Waals surface area contributed by atoms with Crippen molar-refractivity contribution in [3.8, 4) is 16.9 Å². The third kappa shape index (κ3) is 3.61. The summed E-state index contributed by atoms with van der Waals surface area (Å²) in [4.78, 5) is 24.2. The molecule has 0 bridgehead atoms. The Morgan fingerprint density at radius 3 is 2.75 bits per heavy atom. The summed E-state index contributed by atoms with van der Waals surface area (Å²) in [6.45, 7) is -0.183. The number of anilines is 1. The zero-order valence-corrected chi connectivity index (χ0v) is 15.6. The molecule has 1 aromatic heterocycles. The maximum Gasteiger partial charge on any atom is 0.255 e. The molecule has 0 unspecified atom stereocenters. The minimum atomic E-state index is -0.541. The van der Waals surface area contributed by atoms with Gasteiger partial charge in [-0.05, 0) is 35.4 Å². The Kier molecular flexibility index (Phi) is 4.83. The fraction of sp³-hybridized carbons (Fsp3) is 0.143. The largest absolute Gasteiger partial charge is 0.484 e. The summed E-state index contributed by atoms with van der Waals surface area (Å²) in [5.41, 5.74) is 8.34. The van der Waals surface area contributed by atoms with Crippen LogP contribution in [0.15, 0.2) is 53.9 Å². The maximum absolute atomic E-state index is 13.6. The van der Waals surface area contributed by atoms with Crippen LogP contribution in [0.3, 0.4) is 0 Å². The molecule has 1 aliphatic heterocycles. The quantitative estimate of drug-likeness (QED) is 0.686. The molecule has 7 heteroatoms. The van der Waals surface area contributed by atoms with Crippen molar-refractivity contribution in [3.05, 3.63) is 70.2 Å². The highest BCUT2D eigenvalue weighted by Gasteiger charge is 2.30. The molecule has 3 aromatic rings. The molecule has 0 saturated heterocycles. The van der Waals surface area contributed by atoms with E-state index in [0.29, 0.717) is 12.2 Å². The van der Waals surface area contributed by atoms with Gasteiger partial charge in [-0.2, -0.15) is 0 Å². The Hall–Kier alpha value is -3.19. The third-order valence-corrected chi connectivity index (χ3v) is 5.69. The molecule has 2 amide bonds. The lowest BCUT2D eigenvalue weighted by molar-refractivity contribution is -0.120. The van der Waals surface area contributed by atoms with Crippen LogP contribution in [0.1, 0.15) is 22.8 Å². The normalized spacial score (nSPS) is 15.6. The van der Waals surface area contributed by atoms with E-state index in [1.54, 1.807) is 29.5 Å². The Labute approximate surface area is 164 Å². The predicted molar refractivity (Wildman–Crippen MR) is 106 cm³/mol. The van der Waals surface area contributed by atoms with Gasteiger partial charge in [-0.25, -0.2) is 4.39 Å². The van der Waals surface area contributed by atoms with E-state index in [1.165, 1.54) is 12.1 Å². The van der Waals surface area contributed by atoms with Gasteiger partial charge in [-0.3, -0.25) is 9.59 Å². The number of rotatable bonds is 5. The summed E-state index contributed by atoms with van der Waals surface area (Å²) in [5.74, 6) is -0.498. The van der Waals surface area contributed by atoms with Crippen molar-refractivity contribution in [3.63, 3.8) is 0 Å². The molecule has 2 heterocycles. The topological polar surface area (TPSA) is 81.4 Å². The summed E-state index contributed by atoms with van der Waals surface area (Å²) in [5, 5.41) is 4.89. The van der Waals surface area contributed by atoms with Gasteiger partial charge in [0, 0.05) is 28.2 Å². The molecule has 5 nitrogen and oxygen atoms in total. The number of fused-ring (bicyclic) bond motifs is 1. The van der Waals surface area contributed by atoms with E-state index in [9.17, 15) is 14.0 Å². The van der Waals surface area contributed by atoms with Gasteiger partial charge in [-0.15, -0.1) is 11.3 Å². The van der Waals surface area contributed by atoms with Crippen molar-refractivity contribution < 1.29 is 18.7 Å². The van der Waals surface area contributed by atoms with Crippen LogP contribution in [0.4, 0.5) is 10.1 Å². The first-order chi connectivity index (χ1) is 13.5. The molecule has 0 fully saturated rings. The number of benzene rings is 2. The van der Waals surface area contributed by atoms with Crippen molar-refractivity contribution in [1.82, 2.24) is 0 Å². The number of carbonyl (C=O) groups excluding carboxylic acids is 2. The lowest BCUT2D eigenvalue weighted by atomic mass is 9.89. The Balaban J connectivity index is 1.66. The number of amides is 2. The van der Waals surface area contributed by atoms with Crippen molar-refractivity contribution >= 4 is 28.8 Å².